The number of carbonyl (C=O) groups is 3. The van der Waals surface area contributed by atoms with Gasteiger partial charge in [-0.1, -0.05) is 42.0 Å². The van der Waals surface area contributed by atoms with Crippen molar-refractivity contribution in [3.05, 3.63) is 101 Å². The third-order valence-corrected chi connectivity index (χ3v) is 4.02. The van der Waals surface area contributed by atoms with E-state index >= 15 is 0 Å². The Morgan fingerprint density at radius 1 is 0.607 bits per heavy atom. The van der Waals surface area contributed by atoms with Crippen molar-refractivity contribution in [2.24, 2.45) is 0 Å². The zero-order valence-electron chi connectivity index (χ0n) is 15.2. The second-order valence-corrected chi connectivity index (χ2v) is 6.18. The van der Waals surface area contributed by atoms with Gasteiger partial charge in [0, 0.05) is 22.4 Å². The summed E-state index contributed by atoms with van der Waals surface area (Å²) in [5.41, 5.74) is 7.52. The predicted molar refractivity (Wildman–Crippen MR) is 107 cm³/mol. The minimum atomic E-state index is -0.490. The molecule has 3 N–H and O–H groups in total. The van der Waals surface area contributed by atoms with Gasteiger partial charge in [-0.3, -0.25) is 25.2 Å². The van der Waals surface area contributed by atoms with Crippen molar-refractivity contribution >= 4 is 23.4 Å². The SMILES string of the molecule is Cc1ccc(C(=O)NNC(=O)c2cccc(NC(=O)c3ccccc3)c2)cc1. The lowest BCUT2D eigenvalue weighted by Gasteiger charge is -2.10. The standard InChI is InChI=1S/C22H19N3O3/c1-15-10-12-17(13-11-15)21(27)24-25-22(28)18-8-5-9-19(14-18)23-20(26)16-6-3-2-4-7-16/h2-14H,1H3,(H,23,26)(H,24,27)(H,25,28). The lowest BCUT2D eigenvalue weighted by molar-refractivity contribution is 0.0846. The van der Waals surface area contributed by atoms with E-state index in [9.17, 15) is 14.4 Å². The van der Waals surface area contributed by atoms with Crippen molar-refractivity contribution in [3.63, 3.8) is 0 Å². The summed E-state index contributed by atoms with van der Waals surface area (Å²) >= 11 is 0. The number of carbonyl (C=O) groups excluding carboxylic acids is 3. The van der Waals surface area contributed by atoms with E-state index in [1.165, 1.54) is 6.07 Å². The van der Waals surface area contributed by atoms with Gasteiger partial charge < -0.3 is 5.32 Å². The Hall–Kier alpha value is -3.93. The number of amides is 3. The quantitative estimate of drug-likeness (QED) is 0.613. The van der Waals surface area contributed by atoms with Crippen LogP contribution in [0.3, 0.4) is 0 Å². The molecule has 0 saturated heterocycles. The van der Waals surface area contributed by atoms with Crippen molar-refractivity contribution in [2.45, 2.75) is 6.92 Å². The van der Waals surface area contributed by atoms with Crippen molar-refractivity contribution in [1.29, 1.82) is 0 Å². The molecule has 6 nitrogen and oxygen atoms in total. The molecule has 3 aromatic carbocycles. The van der Waals surface area contributed by atoms with E-state index in [4.69, 9.17) is 0 Å². The second kappa shape index (κ2) is 8.64. The molecule has 0 spiro atoms. The molecule has 0 radical (unpaired) electrons. The van der Waals surface area contributed by atoms with Crippen LogP contribution in [-0.4, -0.2) is 17.7 Å². The fourth-order valence-electron chi connectivity index (χ4n) is 2.49. The van der Waals surface area contributed by atoms with Crippen LogP contribution in [0.1, 0.15) is 36.6 Å². The van der Waals surface area contributed by atoms with Crippen LogP contribution in [0.15, 0.2) is 78.9 Å². The Bertz CT molecular complexity index is 999. The van der Waals surface area contributed by atoms with Gasteiger partial charge >= 0.3 is 0 Å². The van der Waals surface area contributed by atoms with Crippen molar-refractivity contribution in [3.8, 4) is 0 Å². The summed E-state index contributed by atoms with van der Waals surface area (Å²) in [5.74, 6) is -1.18. The molecule has 0 fully saturated rings. The fourth-order valence-corrected chi connectivity index (χ4v) is 2.49. The van der Waals surface area contributed by atoms with Crippen LogP contribution in [0.25, 0.3) is 0 Å². The van der Waals surface area contributed by atoms with Crippen molar-refractivity contribution in [1.82, 2.24) is 10.9 Å². The smallest absolute Gasteiger partial charge is 0.269 e. The van der Waals surface area contributed by atoms with Gasteiger partial charge in [0.2, 0.25) is 0 Å². The van der Waals surface area contributed by atoms with Crippen LogP contribution in [-0.2, 0) is 0 Å². The number of benzene rings is 3. The maximum atomic E-state index is 12.3. The molecule has 0 atom stereocenters. The van der Waals surface area contributed by atoms with Gasteiger partial charge in [-0.05, 0) is 49.4 Å². The van der Waals surface area contributed by atoms with E-state index in [0.29, 0.717) is 22.4 Å². The molecule has 0 heterocycles. The van der Waals surface area contributed by atoms with Crippen LogP contribution in [0.5, 0.6) is 0 Å². The number of aryl methyl sites for hydroxylation is 1. The van der Waals surface area contributed by atoms with E-state index in [1.807, 2.05) is 25.1 Å². The monoisotopic (exact) mass is 373 g/mol. The molecule has 6 heteroatoms. The van der Waals surface area contributed by atoms with Crippen LogP contribution < -0.4 is 16.2 Å². The summed E-state index contributed by atoms with van der Waals surface area (Å²) in [5, 5.41) is 2.74. The molecule has 0 aliphatic rings. The molecule has 0 aromatic heterocycles. The van der Waals surface area contributed by atoms with Crippen LogP contribution in [0.4, 0.5) is 5.69 Å². The van der Waals surface area contributed by atoms with Crippen LogP contribution >= 0.6 is 0 Å². The molecule has 3 rings (SSSR count). The Kier molecular flexibility index (Phi) is 5.81. The minimum Gasteiger partial charge on any atom is -0.322 e. The first-order valence-corrected chi connectivity index (χ1v) is 8.67. The Morgan fingerprint density at radius 3 is 1.86 bits per heavy atom. The number of nitrogens with one attached hydrogen (secondary N) is 3. The molecule has 0 bridgehead atoms. The van der Waals surface area contributed by atoms with Gasteiger partial charge in [-0.2, -0.15) is 0 Å². The highest BCUT2D eigenvalue weighted by Gasteiger charge is 2.11. The normalized spacial score (nSPS) is 10.0. The number of hydrazine groups is 1. The Labute approximate surface area is 162 Å². The molecule has 28 heavy (non-hydrogen) atoms. The molecule has 140 valence electrons. The van der Waals surface area contributed by atoms with Gasteiger partial charge in [0.15, 0.2) is 0 Å². The van der Waals surface area contributed by atoms with E-state index in [1.54, 1.807) is 54.6 Å². The third-order valence-electron chi connectivity index (χ3n) is 4.02. The Morgan fingerprint density at radius 2 is 1.18 bits per heavy atom. The van der Waals surface area contributed by atoms with Gasteiger partial charge in [-0.25, -0.2) is 0 Å². The molecular weight excluding hydrogens is 354 g/mol. The molecule has 0 aliphatic heterocycles. The van der Waals surface area contributed by atoms with E-state index in [2.05, 4.69) is 16.2 Å². The third kappa shape index (κ3) is 4.82. The van der Waals surface area contributed by atoms with Crippen LogP contribution in [0.2, 0.25) is 0 Å². The molecule has 3 aromatic rings. The van der Waals surface area contributed by atoms with Crippen molar-refractivity contribution < 1.29 is 14.4 Å². The molecule has 0 saturated carbocycles. The summed E-state index contributed by atoms with van der Waals surface area (Å²) < 4.78 is 0. The zero-order valence-corrected chi connectivity index (χ0v) is 15.2. The number of rotatable bonds is 4. The summed E-state index contributed by atoms with van der Waals surface area (Å²) in [4.78, 5) is 36.6. The second-order valence-electron chi connectivity index (χ2n) is 6.18. The van der Waals surface area contributed by atoms with Gasteiger partial charge in [0.1, 0.15) is 0 Å². The van der Waals surface area contributed by atoms with Crippen LogP contribution in [0, 0.1) is 6.92 Å². The zero-order chi connectivity index (χ0) is 19.9. The van der Waals surface area contributed by atoms with E-state index in [0.717, 1.165) is 5.56 Å². The predicted octanol–water partition coefficient (Wildman–Crippen LogP) is 3.32. The number of hydrogen-bond acceptors (Lipinski definition) is 3. The Balaban J connectivity index is 1.61. The first-order chi connectivity index (χ1) is 13.5. The number of anilines is 1. The largest absolute Gasteiger partial charge is 0.322 e. The topological polar surface area (TPSA) is 87.3 Å². The highest BCUT2D eigenvalue weighted by Crippen LogP contribution is 2.12. The number of hydrogen-bond donors (Lipinski definition) is 3. The summed E-state index contributed by atoms with van der Waals surface area (Å²) in [7, 11) is 0. The molecule has 3 amide bonds. The fraction of sp³-hybridized carbons (Fsp3) is 0.0455. The van der Waals surface area contributed by atoms with Crippen molar-refractivity contribution in [2.75, 3.05) is 5.32 Å². The lowest BCUT2D eigenvalue weighted by atomic mass is 10.1. The average Bonchev–Trinajstić information content (AvgIpc) is 2.73. The first-order valence-electron chi connectivity index (χ1n) is 8.67. The maximum Gasteiger partial charge on any atom is 0.269 e. The lowest BCUT2D eigenvalue weighted by Crippen LogP contribution is -2.41. The molecule has 0 aliphatic carbocycles. The first kappa shape index (κ1) is 18.8. The average molecular weight is 373 g/mol. The summed E-state index contributed by atoms with van der Waals surface area (Å²) in [6.07, 6.45) is 0. The van der Waals surface area contributed by atoms with E-state index in [-0.39, 0.29) is 5.91 Å². The minimum absolute atomic E-state index is 0.272. The summed E-state index contributed by atoms with van der Waals surface area (Å²) in [6, 6.07) is 22.2. The highest BCUT2D eigenvalue weighted by atomic mass is 16.2. The molecular formula is C22H19N3O3. The van der Waals surface area contributed by atoms with Gasteiger partial charge in [0.25, 0.3) is 17.7 Å². The van der Waals surface area contributed by atoms with Gasteiger partial charge in [-0.15, -0.1) is 0 Å². The maximum absolute atomic E-state index is 12.3. The highest BCUT2D eigenvalue weighted by molar-refractivity contribution is 6.05. The van der Waals surface area contributed by atoms with E-state index < -0.39 is 11.8 Å². The van der Waals surface area contributed by atoms with Gasteiger partial charge in [0.05, 0.1) is 0 Å². The summed E-state index contributed by atoms with van der Waals surface area (Å²) in [6.45, 7) is 1.92. The molecule has 0 unspecified atom stereocenters.